The summed E-state index contributed by atoms with van der Waals surface area (Å²) in [5.41, 5.74) is 2.83. The first-order chi connectivity index (χ1) is 20.8. The fourth-order valence-corrected chi connectivity index (χ4v) is 6.36. The van der Waals surface area contributed by atoms with E-state index in [4.69, 9.17) is 21.1 Å². The van der Waals surface area contributed by atoms with E-state index in [2.05, 4.69) is 14.9 Å². The topological polar surface area (TPSA) is 100 Å². The summed E-state index contributed by atoms with van der Waals surface area (Å²) in [5, 5.41) is 3.76. The smallest absolute Gasteiger partial charge is 0.263 e. The van der Waals surface area contributed by atoms with Crippen LogP contribution < -0.4 is 24.4 Å². The van der Waals surface area contributed by atoms with Gasteiger partial charge in [0.05, 0.1) is 25.6 Å². The first-order valence-electron chi connectivity index (χ1n) is 13.7. The number of nitrogens with one attached hydrogen (secondary N) is 2. The molecule has 1 saturated heterocycles. The van der Waals surface area contributed by atoms with Gasteiger partial charge in [0.25, 0.3) is 15.9 Å². The number of carbonyl (C=O) groups is 1. The van der Waals surface area contributed by atoms with Crippen LogP contribution in [0.3, 0.4) is 0 Å². The van der Waals surface area contributed by atoms with Crippen molar-refractivity contribution in [3.63, 3.8) is 0 Å². The standard InChI is InChI=1S/C32H33ClN4O5S/c1-41-27-13-11-26(12-14-27)36-16-18-37(19-17-36)32(38)23-10-15-30(34-22-24-6-3-4-9-29(24)33)31(20-23)43(39,40)35-25-7-5-8-28(21-25)42-2/h3-15,20-21,34-35H,16-19,22H2,1-2H3. The molecular formula is C32H33ClN4O5S. The Bertz CT molecular complexity index is 1690. The molecule has 2 N–H and O–H groups in total. The predicted molar refractivity (Wildman–Crippen MR) is 170 cm³/mol. The second kappa shape index (κ2) is 13.3. The number of rotatable bonds is 10. The third-order valence-corrected chi connectivity index (χ3v) is 9.06. The third-order valence-electron chi connectivity index (χ3n) is 7.27. The van der Waals surface area contributed by atoms with Crippen LogP contribution in [0, 0.1) is 0 Å². The van der Waals surface area contributed by atoms with Gasteiger partial charge in [0.2, 0.25) is 0 Å². The van der Waals surface area contributed by atoms with Gasteiger partial charge in [-0.1, -0.05) is 35.9 Å². The van der Waals surface area contributed by atoms with Crippen molar-refractivity contribution in [1.82, 2.24) is 4.90 Å². The Labute approximate surface area is 257 Å². The van der Waals surface area contributed by atoms with Crippen LogP contribution in [0.1, 0.15) is 15.9 Å². The highest BCUT2D eigenvalue weighted by Gasteiger charge is 2.26. The lowest BCUT2D eigenvalue weighted by atomic mass is 10.1. The zero-order chi connectivity index (χ0) is 30.4. The molecule has 9 nitrogen and oxygen atoms in total. The second-order valence-electron chi connectivity index (χ2n) is 9.97. The number of anilines is 3. The predicted octanol–water partition coefficient (Wildman–Crippen LogP) is 5.73. The fourth-order valence-electron chi connectivity index (χ4n) is 4.90. The van der Waals surface area contributed by atoms with Crippen LogP contribution >= 0.6 is 11.6 Å². The number of piperazine rings is 1. The monoisotopic (exact) mass is 620 g/mol. The van der Waals surface area contributed by atoms with E-state index in [9.17, 15) is 13.2 Å². The van der Waals surface area contributed by atoms with Gasteiger partial charge in [-0.2, -0.15) is 0 Å². The Morgan fingerprint density at radius 2 is 1.56 bits per heavy atom. The zero-order valence-electron chi connectivity index (χ0n) is 23.9. The van der Waals surface area contributed by atoms with Crippen molar-refractivity contribution in [2.24, 2.45) is 0 Å². The fraction of sp³-hybridized carbons (Fsp3) is 0.219. The Kier molecular flexibility index (Phi) is 9.27. The molecule has 43 heavy (non-hydrogen) atoms. The minimum Gasteiger partial charge on any atom is -0.497 e. The van der Waals surface area contributed by atoms with Crippen molar-refractivity contribution < 1.29 is 22.7 Å². The lowest BCUT2D eigenvalue weighted by Gasteiger charge is -2.36. The van der Waals surface area contributed by atoms with Gasteiger partial charge < -0.3 is 24.6 Å². The summed E-state index contributed by atoms with van der Waals surface area (Å²) in [6.45, 7) is 2.60. The SMILES string of the molecule is COc1ccc(N2CCN(C(=O)c3ccc(NCc4ccccc4Cl)c(S(=O)(=O)Nc4cccc(OC)c4)c3)CC2)cc1. The van der Waals surface area contributed by atoms with Gasteiger partial charge in [-0.3, -0.25) is 9.52 Å². The molecule has 11 heteroatoms. The van der Waals surface area contributed by atoms with E-state index in [0.29, 0.717) is 54.9 Å². The summed E-state index contributed by atoms with van der Waals surface area (Å²) in [5.74, 6) is 1.06. The molecule has 0 aromatic heterocycles. The highest BCUT2D eigenvalue weighted by atomic mass is 35.5. The van der Waals surface area contributed by atoms with E-state index >= 15 is 0 Å². The zero-order valence-corrected chi connectivity index (χ0v) is 25.5. The number of sulfonamides is 1. The maximum atomic E-state index is 13.7. The van der Waals surface area contributed by atoms with Crippen LogP contribution in [0.4, 0.5) is 17.1 Å². The molecule has 0 saturated carbocycles. The molecule has 0 unspecified atom stereocenters. The quantitative estimate of drug-likeness (QED) is 0.233. The molecule has 4 aromatic carbocycles. The van der Waals surface area contributed by atoms with Gasteiger partial charge in [-0.05, 0) is 66.2 Å². The van der Waals surface area contributed by atoms with Crippen LogP contribution in [0.2, 0.25) is 5.02 Å². The van der Waals surface area contributed by atoms with Crippen LogP contribution in [-0.4, -0.2) is 59.6 Å². The molecule has 4 aromatic rings. The summed E-state index contributed by atoms with van der Waals surface area (Å²) in [6.07, 6.45) is 0. The maximum Gasteiger partial charge on any atom is 0.263 e. The van der Waals surface area contributed by atoms with Gasteiger partial charge in [-0.25, -0.2) is 8.42 Å². The number of amides is 1. The molecular weight excluding hydrogens is 588 g/mol. The number of halogens is 1. The number of benzene rings is 4. The molecule has 224 valence electrons. The molecule has 0 aliphatic carbocycles. The average molecular weight is 621 g/mol. The number of carbonyl (C=O) groups excluding carboxylic acids is 1. The van der Waals surface area contributed by atoms with Gasteiger partial charge in [0.15, 0.2) is 0 Å². The Balaban J connectivity index is 1.38. The lowest BCUT2D eigenvalue weighted by Crippen LogP contribution is -2.48. The van der Waals surface area contributed by atoms with Crippen molar-refractivity contribution in [3.8, 4) is 11.5 Å². The molecule has 0 radical (unpaired) electrons. The molecule has 0 bridgehead atoms. The van der Waals surface area contributed by atoms with Gasteiger partial charge in [0.1, 0.15) is 16.4 Å². The van der Waals surface area contributed by atoms with Crippen LogP contribution in [0.25, 0.3) is 0 Å². The van der Waals surface area contributed by atoms with Gasteiger partial charge >= 0.3 is 0 Å². The van der Waals surface area contributed by atoms with Crippen molar-refractivity contribution in [2.45, 2.75) is 11.4 Å². The Morgan fingerprint density at radius 3 is 2.26 bits per heavy atom. The number of nitrogens with zero attached hydrogens (tertiary/aromatic N) is 2. The highest BCUT2D eigenvalue weighted by molar-refractivity contribution is 7.92. The third kappa shape index (κ3) is 7.15. The van der Waals surface area contributed by atoms with Crippen LogP contribution in [0.15, 0.2) is 95.9 Å². The molecule has 1 heterocycles. The highest BCUT2D eigenvalue weighted by Crippen LogP contribution is 2.29. The van der Waals surface area contributed by atoms with Gasteiger partial charge in [-0.15, -0.1) is 0 Å². The number of methoxy groups -OCH3 is 2. The maximum absolute atomic E-state index is 13.7. The number of hydrogen-bond donors (Lipinski definition) is 2. The first-order valence-corrected chi connectivity index (χ1v) is 15.6. The summed E-state index contributed by atoms with van der Waals surface area (Å²) in [6, 6.07) is 26.5. The van der Waals surface area contributed by atoms with Crippen molar-refractivity contribution in [3.05, 3.63) is 107 Å². The normalized spacial score (nSPS) is 13.4. The Morgan fingerprint density at radius 1 is 0.837 bits per heavy atom. The van der Waals surface area contributed by atoms with Gasteiger partial charge in [0, 0.05) is 55.1 Å². The molecule has 1 aliphatic rings. The molecule has 0 atom stereocenters. The van der Waals surface area contributed by atoms with E-state index < -0.39 is 10.0 Å². The van der Waals surface area contributed by atoms with Crippen molar-refractivity contribution in [2.75, 3.05) is 55.3 Å². The average Bonchev–Trinajstić information content (AvgIpc) is 3.04. The largest absolute Gasteiger partial charge is 0.497 e. The number of hydrogen-bond acceptors (Lipinski definition) is 7. The number of ether oxygens (including phenoxy) is 2. The Hall–Kier alpha value is -4.41. The summed E-state index contributed by atoms with van der Waals surface area (Å²) < 4.78 is 40.6. The summed E-state index contributed by atoms with van der Waals surface area (Å²) in [7, 11) is -0.970. The molecule has 1 amide bonds. The summed E-state index contributed by atoms with van der Waals surface area (Å²) >= 11 is 6.33. The molecule has 0 spiro atoms. The second-order valence-corrected chi connectivity index (χ2v) is 12.0. The van der Waals surface area contributed by atoms with Crippen molar-refractivity contribution >= 4 is 44.6 Å². The molecule has 1 aliphatic heterocycles. The van der Waals surface area contributed by atoms with E-state index in [-0.39, 0.29) is 16.4 Å². The first kappa shape index (κ1) is 30.1. The lowest BCUT2D eigenvalue weighted by molar-refractivity contribution is 0.0746. The minimum atomic E-state index is -4.11. The minimum absolute atomic E-state index is 0.0508. The van der Waals surface area contributed by atoms with E-state index in [0.717, 1.165) is 17.0 Å². The van der Waals surface area contributed by atoms with E-state index in [1.807, 2.05) is 42.5 Å². The van der Waals surface area contributed by atoms with Crippen LogP contribution in [0.5, 0.6) is 11.5 Å². The van der Waals surface area contributed by atoms with Crippen molar-refractivity contribution in [1.29, 1.82) is 0 Å². The molecule has 1 fully saturated rings. The summed E-state index contributed by atoms with van der Waals surface area (Å²) in [4.78, 5) is 17.5. The van der Waals surface area contributed by atoms with E-state index in [1.165, 1.54) is 13.2 Å². The van der Waals surface area contributed by atoms with E-state index in [1.54, 1.807) is 54.5 Å². The van der Waals surface area contributed by atoms with Crippen LogP contribution in [-0.2, 0) is 16.6 Å². The molecule has 5 rings (SSSR count).